The maximum Gasteiger partial charge on any atom is 0.119 e. The summed E-state index contributed by atoms with van der Waals surface area (Å²) in [5, 5.41) is 4.13. The van der Waals surface area contributed by atoms with Crippen LogP contribution < -0.4 is 10.1 Å². The van der Waals surface area contributed by atoms with Crippen LogP contribution >= 0.6 is 11.6 Å². The Morgan fingerprint density at radius 3 is 2.31 bits per heavy atom. The van der Waals surface area contributed by atoms with Crippen molar-refractivity contribution in [2.45, 2.75) is 33.7 Å². The number of nitrogens with one attached hydrogen (secondary N) is 1. The molecular formula is C13H20ClNO. The van der Waals surface area contributed by atoms with E-state index in [2.05, 4.69) is 19.2 Å². The quantitative estimate of drug-likeness (QED) is 0.799. The van der Waals surface area contributed by atoms with E-state index in [-0.39, 0.29) is 0 Å². The molecule has 0 atom stereocenters. The van der Waals surface area contributed by atoms with Crippen LogP contribution in [0.2, 0.25) is 5.02 Å². The zero-order valence-corrected chi connectivity index (χ0v) is 11.2. The standard InChI is InChI=1S/C13H20ClNO/c1-9(2)15-5-6-16-12-7-10(3)13(14)11(4)8-12/h7-9,15H,5-6H2,1-4H3. The van der Waals surface area contributed by atoms with Gasteiger partial charge < -0.3 is 10.1 Å². The smallest absolute Gasteiger partial charge is 0.119 e. The Hall–Kier alpha value is -0.730. The molecule has 0 amide bonds. The predicted octanol–water partition coefficient (Wildman–Crippen LogP) is 3.33. The molecule has 90 valence electrons. The lowest BCUT2D eigenvalue weighted by Gasteiger charge is -2.11. The van der Waals surface area contributed by atoms with Gasteiger partial charge in [-0.1, -0.05) is 25.4 Å². The molecule has 0 bridgehead atoms. The molecular weight excluding hydrogens is 222 g/mol. The van der Waals surface area contributed by atoms with Crippen LogP contribution in [0.1, 0.15) is 25.0 Å². The number of rotatable bonds is 5. The lowest BCUT2D eigenvalue weighted by molar-refractivity contribution is 0.308. The lowest BCUT2D eigenvalue weighted by atomic mass is 10.1. The molecule has 0 radical (unpaired) electrons. The van der Waals surface area contributed by atoms with E-state index in [1.54, 1.807) is 0 Å². The minimum absolute atomic E-state index is 0.497. The Kier molecular flexibility index (Phi) is 5.10. The molecule has 1 aromatic rings. The van der Waals surface area contributed by atoms with Crippen molar-refractivity contribution in [3.63, 3.8) is 0 Å². The summed E-state index contributed by atoms with van der Waals surface area (Å²) in [6.45, 7) is 9.77. The fourth-order valence-electron chi connectivity index (χ4n) is 1.51. The van der Waals surface area contributed by atoms with E-state index in [0.29, 0.717) is 12.6 Å². The Bertz CT molecular complexity index is 327. The van der Waals surface area contributed by atoms with Gasteiger partial charge in [0.05, 0.1) is 0 Å². The maximum absolute atomic E-state index is 6.08. The maximum atomic E-state index is 6.08. The summed E-state index contributed by atoms with van der Waals surface area (Å²) in [5.41, 5.74) is 2.13. The molecule has 1 aromatic carbocycles. The molecule has 3 heteroatoms. The number of ether oxygens (including phenoxy) is 1. The average Bonchev–Trinajstić information content (AvgIpc) is 2.20. The van der Waals surface area contributed by atoms with Gasteiger partial charge in [-0.05, 0) is 37.1 Å². The van der Waals surface area contributed by atoms with Crippen LogP contribution in [0, 0.1) is 13.8 Å². The summed E-state index contributed by atoms with van der Waals surface area (Å²) in [5.74, 6) is 0.893. The van der Waals surface area contributed by atoms with Crippen molar-refractivity contribution < 1.29 is 4.74 Å². The van der Waals surface area contributed by atoms with Crippen molar-refractivity contribution in [2.75, 3.05) is 13.2 Å². The largest absolute Gasteiger partial charge is 0.492 e. The van der Waals surface area contributed by atoms with Gasteiger partial charge in [-0.3, -0.25) is 0 Å². The number of benzene rings is 1. The van der Waals surface area contributed by atoms with Gasteiger partial charge in [-0.25, -0.2) is 0 Å². The van der Waals surface area contributed by atoms with E-state index in [9.17, 15) is 0 Å². The highest BCUT2D eigenvalue weighted by molar-refractivity contribution is 6.32. The first-order valence-electron chi connectivity index (χ1n) is 5.63. The van der Waals surface area contributed by atoms with E-state index in [4.69, 9.17) is 16.3 Å². The van der Waals surface area contributed by atoms with Crippen molar-refractivity contribution >= 4 is 11.6 Å². The van der Waals surface area contributed by atoms with Crippen LogP contribution in [0.15, 0.2) is 12.1 Å². The molecule has 0 saturated carbocycles. The number of hydrogen-bond donors (Lipinski definition) is 1. The van der Waals surface area contributed by atoms with Gasteiger partial charge in [0.2, 0.25) is 0 Å². The van der Waals surface area contributed by atoms with Crippen molar-refractivity contribution in [3.8, 4) is 5.75 Å². The first-order chi connectivity index (χ1) is 7.50. The fraction of sp³-hybridized carbons (Fsp3) is 0.538. The first kappa shape index (κ1) is 13.3. The van der Waals surface area contributed by atoms with Crippen LogP contribution in [0.25, 0.3) is 0 Å². The van der Waals surface area contributed by atoms with E-state index in [1.165, 1.54) is 0 Å². The number of hydrogen-bond acceptors (Lipinski definition) is 2. The second kappa shape index (κ2) is 6.12. The van der Waals surface area contributed by atoms with Gasteiger partial charge in [-0.15, -0.1) is 0 Å². The molecule has 16 heavy (non-hydrogen) atoms. The highest BCUT2D eigenvalue weighted by Gasteiger charge is 2.03. The van der Waals surface area contributed by atoms with E-state index < -0.39 is 0 Å². The first-order valence-corrected chi connectivity index (χ1v) is 6.01. The summed E-state index contributed by atoms with van der Waals surface area (Å²) in [6.07, 6.45) is 0. The molecule has 0 aromatic heterocycles. The van der Waals surface area contributed by atoms with Crippen molar-refractivity contribution in [3.05, 3.63) is 28.3 Å². The van der Waals surface area contributed by atoms with Gasteiger partial charge in [0, 0.05) is 17.6 Å². The van der Waals surface area contributed by atoms with Crippen LogP contribution in [0.4, 0.5) is 0 Å². The third-order valence-electron chi connectivity index (χ3n) is 2.33. The normalized spacial score (nSPS) is 10.9. The second-order valence-corrected chi connectivity index (χ2v) is 4.71. The van der Waals surface area contributed by atoms with Gasteiger partial charge in [-0.2, -0.15) is 0 Å². The third kappa shape index (κ3) is 4.03. The number of halogens is 1. The Morgan fingerprint density at radius 1 is 1.25 bits per heavy atom. The van der Waals surface area contributed by atoms with Gasteiger partial charge in [0.25, 0.3) is 0 Å². The zero-order chi connectivity index (χ0) is 12.1. The molecule has 0 aliphatic heterocycles. The average molecular weight is 242 g/mol. The van der Waals surface area contributed by atoms with Crippen LogP contribution in [0.3, 0.4) is 0 Å². The zero-order valence-electron chi connectivity index (χ0n) is 10.4. The van der Waals surface area contributed by atoms with Gasteiger partial charge in [0.15, 0.2) is 0 Å². The predicted molar refractivity (Wildman–Crippen MR) is 69.6 cm³/mol. The van der Waals surface area contributed by atoms with E-state index in [0.717, 1.165) is 28.4 Å². The summed E-state index contributed by atoms with van der Waals surface area (Å²) in [7, 11) is 0. The topological polar surface area (TPSA) is 21.3 Å². The fourth-order valence-corrected chi connectivity index (χ4v) is 1.62. The molecule has 0 heterocycles. The highest BCUT2D eigenvalue weighted by atomic mass is 35.5. The summed E-state index contributed by atoms with van der Waals surface area (Å²) < 4.78 is 5.65. The summed E-state index contributed by atoms with van der Waals surface area (Å²) in [6, 6.07) is 4.45. The van der Waals surface area contributed by atoms with Crippen molar-refractivity contribution in [1.29, 1.82) is 0 Å². The monoisotopic (exact) mass is 241 g/mol. The molecule has 1 N–H and O–H groups in total. The molecule has 0 fully saturated rings. The molecule has 0 saturated heterocycles. The third-order valence-corrected chi connectivity index (χ3v) is 2.93. The Morgan fingerprint density at radius 2 is 1.81 bits per heavy atom. The number of aryl methyl sites for hydroxylation is 2. The van der Waals surface area contributed by atoms with Gasteiger partial charge >= 0.3 is 0 Å². The van der Waals surface area contributed by atoms with Gasteiger partial charge in [0.1, 0.15) is 12.4 Å². The van der Waals surface area contributed by atoms with Crippen LogP contribution in [-0.4, -0.2) is 19.2 Å². The van der Waals surface area contributed by atoms with Crippen molar-refractivity contribution in [2.24, 2.45) is 0 Å². The van der Waals surface area contributed by atoms with Crippen LogP contribution in [0.5, 0.6) is 5.75 Å². The molecule has 0 aliphatic rings. The van der Waals surface area contributed by atoms with Crippen molar-refractivity contribution in [1.82, 2.24) is 5.32 Å². The summed E-state index contributed by atoms with van der Waals surface area (Å²) in [4.78, 5) is 0. The summed E-state index contributed by atoms with van der Waals surface area (Å²) >= 11 is 6.08. The molecule has 2 nitrogen and oxygen atoms in total. The van der Waals surface area contributed by atoms with E-state index in [1.807, 2.05) is 26.0 Å². The minimum atomic E-state index is 0.497. The molecule has 0 unspecified atom stereocenters. The Balaban J connectivity index is 2.49. The van der Waals surface area contributed by atoms with E-state index >= 15 is 0 Å². The lowest BCUT2D eigenvalue weighted by Crippen LogP contribution is -2.27. The molecule has 0 aliphatic carbocycles. The highest BCUT2D eigenvalue weighted by Crippen LogP contribution is 2.25. The Labute approximate surface area is 103 Å². The second-order valence-electron chi connectivity index (χ2n) is 4.33. The minimum Gasteiger partial charge on any atom is -0.492 e. The molecule has 0 spiro atoms. The van der Waals surface area contributed by atoms with Crippen LogP contribution in [-0.2, 0) is 0 Å². The SMILES string of the molecule is Cc1cc(OCCNC(C)C)cc(C)c1Cl. The molecule has 1 rings (SSSR count).